The lowest BCUT2D eigenvalue weighted by molar-refractivity contribution is -0.0254. The van der Waals surface area contributed by atoms with Crippen LogP contribution in [0.3, 0.4) is 0 Å². The monoisotopic (exact) mass is 480 g/mol. The molecule has 3 aromatic rings. The summed E-state index contributed by atoms with van der Waals surface area (Å²) in [5, 5.41) is 14.9. The maximum absolute atomic E-state index is 11.7. The number of rotatable bonds is 6. The number of aromatic nitrogens is 3. The summed E-state index contributed by atoms with van der Waals surface area (Å²) in [5.41, 5.74) is 3.29. The molecule has 0 bridgehead atoms. The maximum atomic E-state index is 11.7. The molecule has 2 fully saturated rings. The van der Waals surface area contributed by atoms with E-state index >= 15 is 0 Å². The Hall–Kier alpha value is -3.17. The zero-order valence-electron chi connectivity index (χ0n) is 18.4. The van der Waals surface area contributed by atoms with Gasteiger partial charge in [-0.25, -0.2) is 15.1 Å². The van der Waals surface area contributed by atoms with Gasteiger partial charge in [-0.1, -0.05) is 24.3 Å². The summed E-state index contributed by atoms with van der Waals surface area (Å²) in [5.74, 6) is 0.286. The minimum absolute atomic E-state index is 0.0811. The highest BCUT2D eigenvalue weighted by Crippen LogP contribution is 2.43. The van der Waals surface area contributed by atoms with Crippen LogP contribution in [0.1, 0.15) is 24.8 Å². The van der Waals surface area contributed by atoms with Gasteiger partial charge >= 0.3 is 0 Å². The van der Waals surface area contributed by atoms with E-state index in [0.29, 0.717) is 16.7 Å². The molecule has 11 heteroatoms. The smallest absolute Gasteiger partial charge is 0.277 e. The van der Waals surface area contributed by atoms with Gasteiger partial charge in [-0.05, 0) is 30.9 Å². The minimum Gasteiger partial charge on any atom is -0.473 e. The molecule has 1 aliphatic heterocycles. The summed E-state index contributed by atoms with van der Waals surface area (Å²) in [6.07, 6.45) is 5.51. The van der Waals surface area contributed by atoms with Crippen molar-refractivity contribution in [3.63, 3.8) is 0 Å². The Balaban J connectivity index is 1.40. The van der Waals surface area contributed by atoms with Crippen molar-refractivity contribution in [2.75, 3.05) is 26.3 Å². The molecule has 34 heavy (non-hydrogen) atoms. The average molecular weight is 481 g/mol. The third-order valence-corrected chi connectivity index (χ3v) is 7.50. The van der Waals surface area contributed by atoms with Gasteiger partial charge in [-0.2, -0.15) is 18.0 Å². The highest BCUT2D eigenvalue weighted by Gasteiger charge is 2.38. The summed E-state index contributed by atoms with van der Waals surface area (Å²) in [7, 11) is -3.79. The third-order valence-electron chi connectivity index (χ3n) is 6.45. The lowest BCUT2D eigenvalue weighted by atomic mass is 9.65. The number of ether oxygens (including phenoxy) is 2. The van der Waals surface area contributed by atoms with Crippen LogP contribution in [0.15, 0.2) is 42.7 Å². The van der Waals surface area contributed by atoms with Gasteiger partial charge in [0.25, 0.3) is 10.2 Å². The Labute approximate surface area is 197 Å². The molecule has 2 aromatic heterocycles. The van der Waals surface area contributed by atoms with E-state index in [0.717, 1.165) is 30.4 Å². The van der Waals surface area contributed by atoms with E-state index in [1.807, 2.05) is 30.3 Å². The first-order chi connectivity index (χ1) is 16.4. The molecule has 5 rings (SSSR count). The van der Waals surface area contributed by atoms with Crippen molar-refractivity contribution in [3.05, 3.63) is 48.3 Å². The van der Waals surface area contributed by atoms with E-state index in [2.05, 4.69) is 21.0 Å². The third kappa shape index (κ3) is 4.33. The number of morpholine rings is 1. The normalized spacial score (nSPS) is 20.4. The number of pyridine rings is 1. The van der Waals surface area contributed by atoms with Gasteiger partial charge in [0.2, 0.25) is 5.88 Å². The molecule has 0 radical (unpaired) electrons. The van der Waals surface area contributed by atoms with E-state index in [1.54, 1.807) is 12.4 Å². The van der Waals surface area contributed by atoms with Gasteiger partial charge in [0, 0.05) is 31.0 Å². The Morgan fingerprint density at radius 2 is 2.00 bits per heavy atom. The SMILES string of the molecule is N#CC1(c2ccc(-c3cc4nccnc4c(OC[C@@H]4CN(S(N)(=O)=O)CCO4)n3)cc2)CCC1. The van der Waals surface area contributed by atoms with E-state index < -0.39 is 16.3 Å². The summed E-state index contributed by atoms with van der Waals surface area (Å²) in [6.45, 7) is 0.623. The van der Waals surface area contributed by atoms with Crippen LogP contribution in [0.2, 0.25) is 0 Å². The topological polar surface area (TPSA) is 144 Å². The molecule has 1 saturated carbocycles. The summed E-state index contributed by atoms with van der Waals surface area (Å²) < 4.78 is 36.1. The second-order valence-electron chi connectivity index (χ2n) is 8.57. The predicted octanol–water partition coefficient (Wildman–Crippen LogP) is 1.92. The number of hydrogen-bond donors (Lipinski definition) is 1. The largest absolute Gasteiger partial charge is 0.473 e. The van der Waals surface area contributed by atoms with Crippen molar-refractivity contribution < 1.29 is 17.9 Å². The van der Waals surface area contributed by atoms with Crippen molar-refractivity contribution in [1.82, 2.24) is 19.3 Å². The fourth-order valence-electron chi connectivity index (χ4n) is 4.34. The molecular formula is C23H24N6O4S. The van der Waals surface area contributed by atoms with Crippen LogP contribution in [0.4, 0.5) is 0 Å². The number of fused-ring (bicyclic) bond motifs is 1. The van der Waals surface area contributed by atoms with Crippen molar-refractivity contribution >= 4 is 21.2 Å². The van der Waals surface area contributed by atoms with Gasteiger partial charge in [-0.3, -0.25) is 4.98 Å². The Bertz CT molecular complexity index is 1350. The van der Waals surface area contributed by atoms with E-state index in [-0.39, 0.29) is 37.6 Å². The summed E-state index contributed by atoms with van der Waals surface area (Å²) >= 11 is 0. The average Bonchev–Trinajstić information content (AvgIpc) is 2.82. The quantitative estimate of drug-likeness (QED) is 0.563. The Morgan fingerprint density at radius 1 is 1.24 bits per heavy atom. The van der Waals surface area contributed by atoms with Gasteiger partial charge in [0.1, 0.15) is 12.7 Å². The molecule has 3 heterocycles. The standard InChI is InChI=1S/C23H24N6O4S/c24-15-23(6-1-7-23)17-4-2-16(3-5-17)19-12-20-21(27-9-8-26-20)22(28-19)33-14-18-13-29(10-11-32-18)34(25,30)31/h2-5,8-9,12,18H,1,6-7,10-11,13-14H2,(H2,25,30,31)/t18-/m0/s1. The zero-order chi connectivity index (χ0) is 23.8. The Morgan fingerprint density at radius 3 is 2.68 bits per heavy atom. The molecule has 176 valence electrons. The predicted molar refractivity (Wildman–Crippen MR) is 124 cm³/mol. The van der Waals surface area contributed by atoms with Gasteiger partial charge in [0.15, 0.2) is 5.52 Å². The first-order valence-electron chi connectivity index (χ1n) is 11.0. The fraction of sp³-hybridized carbons (Fsp3) is 0.391. The first kappa shape index (κ1) is 22.6. The molecule has 0 unspecified atom stereocenters. The first-order valence-corrected chi connectivity index (χ1v) is 12.5. The molecular weight excluding hydrogens is 456 g/mol. The van der Waals surface area contributed by atoms with Crippen molar-refractivity contribution in [1.29, 1.82) is 5.26 Å². The van der Waals surface area contributed by atoms with Crippen LogP contribution >= 0.6 is 0 Å². The van der Waals surface area contributed by atoms with Gasteiger partial charge in [-0.15, -0.1) is 0 Å². The molecule has 10 nitrogen and oxygen atoms in total. The number of benzene rings is 1. The summed E-state index contributed by atoms with van der Waals surface area (Å²) in [6, 6.07) is 12.2. The van der Waals surface area contributed by atoms with E-state index in [4.69, 9.17) is 14.6 Å². The second-order valence-corrected chi connectivity index (χ2v) is 10.1. The number of nitriles is 1. The molecule has 2 N–H and O–H groups in total. The van der Waals surface area contributed by atoms with Gasteiger partial charge in [0.05, 0.1) is 29.3 Å². The van der Waals surface area contributed by atoms with Crippen LogP contribution in [0.25, 0.3) is 22.3 Å². The number of nitrogens with zero attached hydrogens (tertiary/aromatic N) is 5. The van der Waals surface area contributed by atoms with Crippen molar-refractivity contribution in [2.45, 2.75) is 30.8 Å². The lowest BCUT2D eigenvalue weighted by Gasteiger charge is -2.35. The molecule has 0 amide bonds. The number of nitrogens with two attached hydrogens (primary N) is 1. The second kappa shape index (κ2) is 8.88. The van der Waals surface area contributed by atoms with Crippen LogP contribution < -0.4 is 9.88 Å². The van der Waals surface area contributed by atoms with Crippen molar-refractivity contribution in [2.24, 2.45) is 5.14 Å². The van der Waals surface area contributed by atoms with Crippen LogP contribution in [0.5, 0.6) is 5.88 Å². The fourth-order valence-corrected chi connectivity index (χ4v) is 5.05. The molecule has 1 atom stereocenters. The highest BCUT2D eigenvalue weighted by atomic mass is 32.2. The molecule has 1 aliphatic carbocycles. The molecule has 0 spiro atoms. The van der Waals surface area contributed by atoms with E-state index in [9.17, 15) is 13.7 Å². The van der Waals surface area contributed by atoms with Crippen LogP contribution in [0, 0.1) is 11.3 Å². The van der Waals surface area contributed by atoms with Crippen LogP contribution in [-0.4, -0.2) is 60.1 Å². The molecule has 1 saturated heterocycles. The molecule has 2 aliphatic rings. The lowest BCUT2D eigenvalue weighted by Crippen LogP contribution is -2.49. The number of hydrogen-bond acceptors (Lipinski definition) is 8. The van der Waals surface area contributed by atoms with Crippen molar-refractivity contribution in [3.8, 4) is 23.2 Å². The maximum Gasteiger partial charge on any atom is 0.277 e. The van der Waals surface area contributed by atoms with Gasteiger partial charge < -0.3 is 9.47 Å². The summed E-state index contributed by atoms with van der Waals surface area (Å²) in [4.78, 5) is 13.4. The van der Waals surface area contributed by atoms with E-state index in [1.165, 1.54) is 4.31 Å². The highest BCUT2D eigenvalue weighted by molar-refractivity contribution is 7.86. The zero-order valence-corrected chi connectivity index (χ0v) is 19.2. The minimum atomic E-state index is -3.79. The van der Waals surface area contributed by atoms with Crippen LogP contribution in [-0.2, 0) is 20.4 Å². The Kier molecular flexibility index (Phi) is 5.91. The molecule has 1 aromatic carbocycles.